The Labute approximate surface area is 102 Å². The van der Waals surface area contributed by atoms with E-state index in [0.717, 1.165) is 0 Å². The smallest absolute Gasteiger partial charge is 0.0421 e. The fourth-order valence-electron chi connectivity index (χ4n) is 3.69. The number of rotatable bonds is 0. The molecule has 0 radical (unpaired) electrons. The van der Waals surface area contributed by atoms with Gasteiger partial charge < -0.3 is 10.6 Å². The van der Waals surface area contributed by atoms with E-state index in [9.17, 15) is 0 Å². The third kappa shape index (κ3) is 1.37. The average Bonchev–Trinajstić information content (AvgIpc) is 2.78. The molecule has 0 saturated carbocycles. The van der Waals surface area contributed by atoms with E-state index in [4.69, 9.17) is 0 Å². The normalized spacial score (nSPS) is 30.4. The second-order valence-electron chi connectivity index (χ2n) is 5.39. The third-order valence-electron chi connectivity index (χ3n) is 4.48. The van der Waals surface area contributed by atoms with Crippen LogP contribution in [0.3, 0.4) is 0 Å². The molecule has 1 saturated heterocycles. The molecule has 1 aromatic rings. The minimum Gasteiger partial charge on any atom is -0.358 e. The maximum Gasteiger partial charge on any atom is 0.0421 e. The summed E-state index contributed by atoms with van der Waals surface area (Å²) in [7, 11) is 0. The molecule has 0 aromatic heterocycles. The number of benzene rings is 1. The van der Waals surface area contributed by atoms with Gasteiger partial charge in [-0.05, 0) is 49.4 Å². The van der Waals surface area contributed by atoms with Gasteiger partial charge in [0, 0.05) is 23.3 Å². The molecule has 2 heterocycles. The molecule has 0 bridgehead atoms. The molecule has 4 rings (SSSR count). The van der Waals surface area contributed by atoms with Crippen LogP contribution >= 0.6 is 0 Å². The molecule has 0 amide bonds. The van der Waals surface area contributed by atoms with Crippen LogP contribution in [0.1, 0.15) is 37.2 Å². The highest BCUT2D eigenvalue weighted by Gasteiger charge is 2.36. The molecule has 88 valence electrons. The van der Waals surface area contributed by atoms with Crippen LogP contribution in [-0.4, -0.2) is 12.6 Å². The van der Waals surface area contributed by atoms with Crippen LogP contribution in [0.2, 0.25) is 0 Å². The highest BCUT2D eigenvalue weighted by Crippen LogP contribution is 2.47. The summed E-state index contributed by atoms with van der Waals surface area (Å²) in [6, 6.07) is 9.45. The number of nitrogens with one attached hydrogen (secondary N) is 2. The van der Waals surface area contributed by atoms with Crippen molar-refractivity contribution in [2.75, 3.05) is 11.9 Å². The Morgan fingerprint density at radius 1 is 1.12 bits per heavy atom. The zero-order valence-corrected chi connectivity index (χ0v) is 10.00. The first-order valence-corrected chi connectivity index (χ1v) is 6.76. The number of para-hydroxylation sites is 1. The largest absolute Gasteiger partial charge is 0.358 e. The second-order valence-corrected chi connectivity index (χ2v) is 5.39. The van der Waals surface area contributed by atoms with Crippen LogP contribution < -0.4 is 10.6 Å². The standard InChI is InChI=1S/C15H18N2/c1-2-6-14-10(4-1)11-7-8-13-12(15(11)17-14)5-3-9-16-13/h1-2,4,6,11,13,16-17H,3,5,7-9H2. The van der Waals surface area contributed by atoms with Gasteiger partial charge in [-0.25, -0.2) is 0 Å². The first kappa shape index (κ1) is 9.72. The van der Waals surface area contributed by atoms with Gasteiger partial charge in [0.2, 0.25) is 0 Å². The second kappa shape index (κ2) is 3.61. The fourth-order valence-corrected chi connectivity index (χ4v) is 3.69. The van der Waals surface area contributed by atoms with Gasteiger partial charge >= 0.3 is 0 Å². The summed E-state index contributed by atoms with van der Waals surface area (Å²) in [5, 5.41) is 7.34. The summed E-state index contributed by atoms with van der Waals surface area (Å²) < 4.78 is 0. The Morgan fingerprint density at radius 2 is 2.06 bits per heavy atom. The Morgan fingerprint density at radius 3 is 3.06 bits per heavy atom. The lowest BCUT2D eigenvalue weighted by Gasteiger charge is -2.35. The summed E-state index contributed by atoms with van der Waals surface area (Å²) in [6.07, 6.45) is 5.17. The number of hydrogen-bond acceptors (Lipinski definition) is 2. The van der Waals surface area contributed by atoms with Crippen molar-refractivity contribution < 1.29 is 0 Å². The van der Waals surface area contributed by atoms with Crippen molar-refractivity contribution in [3.05, 3.63) is 41.1 Å². The molecular formula is C15H18N2. The van der Waals surface area contributed by atoms with Crippen LogP contribution in [0.5, 0.6) is 0 Å². The van der Waals surface area contributed by atoms with Gasteiger partial charge in [0.1, 0.15) is 0 Å². The summed E-state index contributed by atoms with van der Waals surface area (Å²) in [5.41, 5.74) is 6.03. The summed E-state index contributed by atoms with van der Waals surface area (Å²) in [4.78, 5) is 0. The zero-order valence-electron chi connectivity index (χ0n) is 10.00. The number of hydrogen-bond donors (Lipinski definition) is 2. The third-order valence-corrected chi connectivity index (χ3v) is 4.48. The van der Waals surface area contributed by atoms with Gasteiger partial charge in [-0.2, -0.15) is 0 Å². The van der Waals surface area contributed by atoms with Gasteiger partial charge in [-0.15, -0.1) is 0 Å². The van der Waals surface area contributed by atoms with Crippen molar-refractivity contribution in [2.45, 2.75) is 37.6 Å². The van der Waals surface area contributed by atoms with Crippen molar-refractivity contribution >= 4 is 5.69 Å². The summed E-state index contributed by atoms with van der Waals surface area (Å²) >= 11 is 0. The maximum absolute atomic E-state index is 3.68. The number of piperidine rings is 1. The molecule has 17 heavy (non-hydrogen) atoms. The zero-order chi connectivity index (χ0) is 11.2. The molecule has 1 aliphatic carbocycles. The van der Waals surface area contributed by atoms with E-state index >= 15 is 0 Å². The van der Waals surface area contributed by atoms with E-state index in [1.54, 1.807) is 5.57 Å². The van der Waals surface area contributed by atoms with Crippen LogP contribution in [0, 0.1) is 0 Å². The molecule has 2 N–H and O–H groups in total. The minimum atomic E-state index is 0.650. The van der Waals surface area contributed by atoms with Crippen LogP contribution in [0.25, 0.3) is 0 Å². The number of allylic oxidation sites excluding steroid dienone is 1. The fraction of sp³-hybridized carbons (Fsp3) is 0.467. The number of anilines is 1. The Kier molecular flexibility index (Phi) is 2.06. The molecule has 2 heteroatoms. The van der Waals surface area contributed by atoms with Crippen molar-refractivity contribution in [3.63, 3.8) is 0 Å². The topological polar surface area (TPSA) is 24.1 Å². The Hall–Kier alpha value is -1.28. The van der Waals surface area contributed by atoms with Gasteiger partial charge in [-0.3, -0.25) is 0 Å². The molecular weight excluding hydrogens is 208 g/mol. The first-order valence-electron chi connectivity index (χ1n) is 6.76. The van der Waals surface area contributed by atoms with E-state index < -0.39 is 0 Å². The molecule has 2 unspecified atom stereocenters. The van der Waals surface area contributed by atoms with Crippen LogP contribution in [0.15, 0.2) is 35.5 Å². The SMILES string of the molecule is c1ccc2c(c1)NC1=C3CCCNC3CCC12. The van der Waals surface area contributed by atoms with Crippen molar-refractivity contribution in [2.24, 2.45) is 0 Å². The molecule has 1 fully saturated rings. The van der Waals surface area contributed by atoms with Crippen molar-refractivity contribution in [1.29, 1.82) is 0 Å². The van der Waals surface area contributed by atoms with E-state index in [1.165, 1.54) is 49.2 Å². The Balaban J connectivity index is 1.81. The van der Waals surface area contributed by atoms with E-state index in [2.05, 4.69) is 34.9 Å². The van der Waals surface area contributed by atoms with Crippen molar-refractivity contribution in [3.8, 4) is 0 Å². The monoisotopic (exact) mass is 226 g/mol. The predicted molar refractivity (Wildman–Crippen MR) is 70.1 cm³/mol. The van der Waals surface area contributed by atoms with Gasteiger partial charge in [0.05, 0.1) is 0 Å². The Bertz CT molecular complexity index is 489. The highest BCUT2D eigenvalue weighted by molar-refractivity contribution is 5.67. The maximum atomic E-state index is 3.68. The molecule has 3 aliphatic rings. The van der Waals surface area contributed by atoms with Crippen molar-refractivity contribution in [1.82, 2.24) is 5.32 Å². The van der Waals surface area contributed by atoms with E-state index in [-0.39, 0.29) is 0 Å². The van der Waals surface area contributed by atoms with Gasteiger partial charge in [0.15, 0.2) is 0 Å². The van der Waals surface area contributed by atoms with Crippen LogP contribution in [-0.2, 0) is 0 Å². The lowest BCUT2D eigenvalue weighted by atomic mass is 9.79. The lowest BCUT2D eigenvalue weighted by molar-refractivity contribution is 0.419. The average molecular weight is 226 g/mol. The first-order chi connectivity index (χ1) is 8.43. The quantitative estimate of drug-likeness (QED) is 0.710. The molecule has 2 atom stereocenters. The minimum absolute atomic E-state index is 0.650. The molecule has 2 aliphatic heterocycles. The highest BCUT2D eigenvalue weighted by atomic mass is 15.0. The van der Waals surface area contributed by atoms with Gasteiger partial charge in [0.25, 0.3) is 0 Å². The van der Waals surface area contributed by atoms with Crippen LogP contribution in [0.4, 0.5) is 5.69 Å². The van der Waals surface area contributed by atoms with E-state index in [1.807, 2.05) is 0 Å². The lowest BCUT2D eigenvalue weighted by Crippen LogP contribution is -2.39. The summed E-state index contributed by atoms with van der Waals surface area (Å²) in [5.74, 6) is 0.650. The molecule has 2 nitrogen and oxygen atoms in total. The van der Waals surface area contributed by atoms with Gasteiger partial charge in [-0.1, -0.05) is 18.2 Å². The summed E-state index contributed by atoms with van der Waals surface area (Å²) in [6.45, 7) is 1.19. The predicted octanol–water partition coefficient (Wildman–Crippen LogP) is 3.00. The van der Waals surface area contributed by atoms with E-state index in [0.29, 0.717) is 12.0 Å². The molecule has 0 spiro atoms. The molecule has 1 aromatic carbocycles. The number of fused-ring (bicyclic) bond motifs is 4.